The summed E-state index contributed by atoms with van der Waals surface area (Å²) in [5.74, 6) is 1.15. The Labute approximate surface area is 136 Å². The summed E-state index contributed by atoms with van der Waals surface area (Å²) in [6.07, 6.45) is 6.21. The summed E-state index contributed by atoms with van der Waals surface area (Å²) in [4.78, 5) is 14.2. The number of rotatable bonds is 6. The van der Waals surface area contributed by atoms with Gasteiger partial charge in [0.05, 0.1) is 25.1 Å². The third-order valence-electron chi connectivity index (χ3n) is 4.47. The van der Waals surface area contributed by atoms with Gasteiger partial charge in [0.15, 0.2) is 5.82 Å². The van der Waals surface area contributed by atoms with Crippen LogP contribution < -0.4 is 15.5 Å². The summed E-state index contributed by atoms with van der Waals surface area (Å²) in [7, 11) is 0. The first-order valence-electron chi connectivity index (χ1n) is 8.50. The van der Waals surface area contributed by atoms with Crippen molar-refractivity contribution >= 4 is 17.4 Å². The van der Waals surface area contributed by atoms with E-state index < -0.39 is 0 Å². The predicted molar refractivity (Wildman–Crippen MR) is 88.5 cm³/mol. The summed E-state index contributed by atoms with van der Waals surface area (Å²) in [5, 5.41) is 14.4. The molecule has 7 heteroatoms. The molecule has 2 N–H and O–H groups in total. The van der Waals surface area contributed by atoms with Gasteiger partial charge in [-0.15, -0.1) is 5.10 Å². The first kappa shape index (κ1) is 16.0. The molecule has 0 spiro atoms. The van der Waals surface area contributed by atoms with Gasteiger partial charge in [-0.25, -0.2) is 0 Å². The zero-order valence-corrected chi connectivity index (χ0v) is 13.5. The summed E-state index contributed by atoms with van der Waals surface area (Å²) >= 11 is 0. The van der Waals surface area contributed by atoms with E-state index in [4.69, 9.17) is 4.74 Å². The fraction of sp³-hybridized carbons (Fsp3) is 0.688. The Morgan fingerprint density at radius 1 is 1.26 bits per heavy atom. The van der Waals surface area contributed by atoms with E-state index in [1.54, 1.807) is 6.20 Å². The number of aromatic nitrogens is 2. The molecule has 1 amide bonds. The average molecular weight is 319 g/mol. The normalized spacial score (nSPS) is 18.9. The topological polar surface area (TPSA) is 79.4 Å². The van der Waals surface area contributed by atoms with Crippen LogP contribution in [0.3, 0.4) is 0 Å². The number of morpholine rings is 1. The molecule has 3 rings (SSSR count). The van der Waals surface area contributed by atoms with Crippen molar-refractivity contribution in [2.45, 2.75) is 25.7 Å². The van der Waals surface area contributed by atoms with Crippen molar-refractivity contribution in [2.75, 3.05) is 49.6 Å². The fourth-order valence-electron chi connectivity index (χ4n) is 3.15. The second-order valence-electron chi connectivity index (χ2n) is 6.10. The number of carbonyl (C=O) groups is 1. The molecule has 126 valence electrons. The molecule has 0 aromatic carbocycles. The van der Waals surface area contributed by atoms with Crippen molar-refractivity contribution in [3.8, 4) is 0 Å². The van der Waals surface area contributed by atoms with Gasteiger partial charge in [0, 0.05) is 38.2 Å². The number of nitrogens with zero attached hydrogens (tertiary/aromatic N) is 3. The zero-order chi connectivity index (χ0) is 15.9. The monoisotopic (exact) mass is 319 g/mol. The SMILES string of the molecule is O=C(NCCNc1cc(N2CCOCC2)cnn1)C1CCCC1. The van der Waals surface area contributed by atoms with Crippen LogP contribution >= 0.6 is 0 Å². The molecule has 2 aliphatic rings. The molecule has 1 saturated heterocycles. The average Bonchev–Trinajstić information content (AvgIpc) is 3.14. The maximum atomic E-state index is 11.9. The van der Waals surface area contributed by atoms with E-state index in [9.17, 15) is 4.79 Å². The van der Waals surface area contributed by atoms with Crippen molar-refractivity contribution in [3.05, 3.63) is 12.3 Å². The van der Waals surface area contributed by atoms with E-state index in [2.05, 4.69) is 25.7 Å². The molecule has 1 aromatic rings. The van der Waals surface area contributed by atoms with Crippen LogP contribution in [0.25, 0.3) is 0 Å². The Kier molecular flexibility index (Phi) is 5.63. The van der Waals surface area contributed by atoms with Crippen LogP contribution in [-0.4, -0.2) is 55.5 Å². The predicted octanol–water partition coefficient (Wildman–Crippen LogP) is 1.03. The van der Waals surface area contributed by atoms with E-state index in [-0.39, 0.29) is 11.8 Å². The van der Waals surface area contributed by atoms with Crippen molar-refractivity contribution in [1.82, 2.24) is 15.5 Å². The summed E-state index contributed by atoms with van der Waals surface area (Å²) in [5.41, 5.74) is 1.06. The van der Waals surface area contributed by atoms with E-state index in [0.29, 0.717) is 13.1 Å². The van der Waals surface area contributed by atoms with E-state index in [0.717, 1.165) is 50.7 Å². The van der Waals surface area contributed by atoms with Gasteiger partial charge in [-0.05, 0) is 12.8 Å². The molecule has 1 saturated carbocycles. The van der Waals surface area contributed by atoms with Crippen molar-refractivity contribution in [3.63, 3.8) is 0 Å². The molecule has 23 heavy (non-hydrogen) atoms. The standard InChI is InChI=1S/C16H25N5O2/c22-16(13-3-1-2-4-13)18-6-5-17-15-11-14(12-19-20-15)21-7-9-23-10-8-21/h11-13H,1-10H2,(H,17,20)(H,18,22). The Balaban J connectivity index is 1.42. The highest BCUT2D eigenvalue weighted by Gasteiger charge is 2.21. The van der Waals surface area contributed by atoms with Crippen molar-refractivity contribution in [2.24, 2.45) is 5.92 Å². The lowest BCUT2D eigenvalue weighted by Crippen LogP contribution is -2.36. The second-order valence-corrected chi connectivity index (χ2v) is 6.10. The Bertz CT molecular complexity index is 513. The van der Waals surface area contributed by atoms with E-state index in [1.165, 1.54) is 12.8 Å². The summed E-state index contributed by atoms with van der Waals surface area (Å²) < 4.78 is 5.36. The molecule has 0 atom stereocenters. The molecule has 0 bridgehead atoms. The maximum Gasteiger partial charge on any atom is 0.223 e. The fourth-order valence-corrected chi connectivity index (χ4v) is 3.15. The minimum absolute atomic E-state index is 0.192. The van der Waals surface area contributed by atoms with Crippen LogP contribution in [0, 0.1) is 5.92 Å². The van der Waals surface area contributed by atoms with Gasteiger partial charge in [0.1, 0.15) is 0 Å². The molecular weight excluding hydrogens is 294 g/mol. The molecule has 1 aromatic heterocycles. The third kappa shape index (κ3) is 4.54. The Hall–Kier alpha value is -1.89. The smallest absolute Gasteiger partial charge is 0.223 e. The molecule has 7 nitrogen and oxygen atoms in total. The van der Waals surface area contributed by atoms with E-state index in [1.807, 2.05) is 6.07 Å². The molecule has 1 aliphatic carbocycles. The molecule has 0 unspecified atom stereocenters. The second kappa shape index (κ2) is 8.10. The number of hydrogen-bond acceptors (Lipinski definition) is 6. The number of carbonyl (C=O) groups excluding carboxylic acids is 1. The molecular formula is C16H25N5O2. The van der Waals surface area contributed by atoms with Gasteiger partial charge in [-0.3, -0.25) is 4.79 Å². The lowest BCUT2D eigenvalue weighted by molar-refractivity contribution is -0.124. The highest BCUT2D eigenvalue weighted by atomic mass is 16.5. The third-order valence-corrected chi connectivity index (χ3v) is 4.47. The molecule has 2 heterocycles. The van der Waals surface area contributed by atoms with E-state index >= 15 is 0 Å². The highest BCUT2D eigenvalue weighted by molar-refractivity contribution is 5.78. The number of ether oxygens (including phenoxy) is 1. The van der Waals surface area contributed by atoms with Crippen molar-refractivity contribution in [1.29, 1.82) is 0 Å². The molecule has 0 radical (unpaired) electrons. The number of anilines is 2. The van der Waals surface area contributed by atoms with Crippen LogP contribution in [-0.2, 0) is 9.53 Å². The first-order valence-corrected chi connectivity index (χ1v) is 8.50. The van der Waals surface area contributed by atoms with Crippen LogP contribution in [0.4, 0.5) is 11.5 Å². The van der Waals surface area contributed by atoms with Crippen LogP contribution in [0.15, 0.2) is 12.3 Å². The number of amides is 1. The summed E-state index contributed by atoms with van der Waals surface area (Å²) in [6.45, 7) is 4.51. The first-order chi connectivity index (χ1) is 11.3. The Morgan fingerprint density at radius 2 is 2.04 bits per heavy atom. The minimum atomic E-state index is 0.192. The largest absolute Gasteiger partial charge is 0.378 e. The quantitative estimate of drug-likeness (QED) is 0.763. The highest BCUT2D eigenvalue weighted by Crippen LogP contribution is 2.24. The minimum Gasteiger partial charge on any atom is -0.378 e. The van der Waals surface area contributed by atoms with Gasteiger partial charge in [0.25, 0.3) is 0 Å². The summed E-state index contributed by atoms with van der Waals surface area (Å²) in [6, 6.07) is 2.00. The van der Waals surface area contributed by atoms with Crippen LogP contribution in [0.5, 0.6) is 0 Å². The van der Waals surface area contributed by atoms with Gasteiger partial charge >= 0.3 is 0 Å². The molecule has 2 fully saturated rings. The molecule has 1 aliphatic heterocycles. The van der Waals surface area contributed by atoms with Crippen LogP contribution in [0.1, 0.15) is 25.7 Å². The van der Waals surface area contributed by atoms with Gasteiger partial charge < -0.3 is 20.3 Å². The van der Waals surface area contributed by atoms with Crippen molar-refractivity contribution < 1.29 is 9.53 Å². The lowest BCUT2D eigenvalue weighted by atomic mass is 10.1. The maximum absolute atomic E-state index is 11.9. The van der Waals surface area contributed by atoms with Gasteiger partial charge in [0.2, 0.25) is 5.91 Å². The number of nitrogens with one attached hydrogen (secondary N) is 2. The zero-order valence-electron chi connectivity index (χ0n) is 13.5. The number of hydrogen-bond donors (Lipinski definition) is 2. The lowest BCUT2D eigenvalue weighted by Gasteiger charge is -2.28. The van der Waals surface area contributed by atoms with Gasteiger partial charge in [-0.2, -0.15) is 5.10 Å². The Morgan fingerprint density at radius 3 is 2.83 bits per heavy atom. The van der Waals surface area contributed by atoms with Crippen LogP contribution in [0.2, 0.25) is 0 Å². The van der Waals surface area contributed by atoms with Gasteiger partial charge in [-0.1, -0.05) is 12.8 Å².